The van der Waals surface area contributed by atoms with E-state index in [0.29, 0.717) is 34.1 Å². The quantitative estimate of drug-likeness (QED) is 0.173. The maximum absolute atomic E-state index is 13.9. The highest BCUT2D eigenvalue weighted by molar-refractivity contribution is 7.22. The number of Topliss-reactive ketones (excluding diaryl/α,β-unsaturated/α-hetero) is 1. The molecule has 194 valence electrons. The lowest BCUT2D eigenvalue weighted by molar-refractivity contribution is -0.132. The van der Waals surface area contributed by atoms with Crippen LogP contribution >= 0.6 is 11.3 Å². The van der Waals surface area contributed by atoms with Gasteiger partial charge in [-0.05, 0) is 48.7 Å². The Morgan fingerprint density at radius 1 is 1.08 bits per heavy atom. The predicted octanol–water partition coefficient (Wildman–Crippen LogP) is 6.54. The molecule has 1 amide bonds. The molecule has 1 fully saturated rings. The number of hydrogen-bond acceptors (Lipinski definition) is 6. The summed E-state index contributed by atoms with van der Waals surface area (Å²) >= 11 is 0.959. The number of benzene rings is 3. The van der Waals surface area contributed by atoms with Gasteiger partial charge in [-0.3, -0.25) is 14.5 Å². The highest BCUT2D eigenvalue weighted by atomic mass is 32.1. The van der Waals surface area contributed by atoms with Crippen molar-refractivity contribution in [2.45, 2.75) is 26.8 Å². The number of carbonyl (C=O) groups is 2. The van der Waals surface area contributed by atoms with Gasteiger partial charge in [-0.25, -0.2) is 13.8 Å². The minimum absolute atomic E-state index is 0.0927. The van der Waals surface area contributed by atoms with E-state index in [1.165, 1.54) is 4.90 Å². The summed E-state index contributed by atoms with van der Waals surface area (Å²) in [4.78, 5) is 32.2. The topological polar surface area (TPSA) is 79.7 Å². The molecule has 9 heteroatoms. The first-order chi connectivity index (χ1) is 18.1. The molecule has 38 heavy (non-hydrogen) atoms. The van der Waals surface area contributed by atoms with Crippen molar-refractivity contribution in [3.63, 3.8) is 0 Å². The second kappa shape index (κ2) is 9.98. The summed E-state index contributed by atoms with van der Waals surface area (Å²) in [5.74, 6) is -3.27. The van der Waals surface area contributed by atoms with Gasteiger partial charge in [-0.2, -0.15) is 0 Å². The number of anilines is 1. The number of ether oxygens (including phenoxy) is 1. The maximum atomic E-state index is 13.9. The molecule has 0 saturated carbocycles. The highest BCUT2D eigenvalue weighted by Gasteiger charge is 2.48. The number of halogens is 2. The molecule has 1 aromatic heterocycles. The molecular formula is C29H24F2N2O4S. The first-order valence-corrected chi connectivity index (χ1v) is 12.8. The van der Waals surface area contributed by atoms with E-state index in [0.717, 1.165) is 29.0 Å². The molecule has 3 aromatic carbocycles. The van der Waals surface area contributed by atoms with Gasteiger partial charge in [0.1, 0.15) is 11.5 Å². The van der Waals surface area contributed by atoms with Crippen molar-refractivity contribution in [3.05, 3.63) is 94.6 Å². The zero-order valence-electron chi connectivity index (χ0n) is 20.9. The van der Waals surface area contributed by atoms with Gasteiger partial charge in [0.05, 0.1) is 28.4 Å². The average Bonchev–Trinajstić information content (AvgIpc) is 3.40. The van der Waals surface area contributed by atoms with Crippen LogP contribution in [-0.4, -0.2) is 28.4 Å². The van der Waals surface area contributed by atoms with Gasteiger partial charge >= 0.3 is 5.91 Å². The SMILES string of the molecule is Cc1cccc(C2/C(=C(\O)c3ccc(OCC(C)C)cc3)C(=O)C(=O)N2c2nc3cc(F)c(F)cc3s2)c1. The van der Waals surface area contributed by atoms with Crippen molar-refractivity contribution in [1.82, 2.24) is 4.98 Å². The molecule has 1 aliphatic heterocycles. The minimum atomic E-state index is -1.06. The van der Waals surface area contributed by atoms with E-state index < -0.39 is 29.4 Å². The van der Waals surface area contributed by atoms with E-state index >= 15 is 0 Å². The number of rotatable bonds is 6. The Hall–Kier alpha value is -4.11. The summed E-state index contributed by atoms with van der Waals surface area (Å²) in [6.07, 6.45) is 0. The van der Waals surface area contributed by atoms with Gasteiger partial charge in [0.15, 0.2) is 16.8 Å². The fourth-order valence-corrected chi connectivity index (χ4v) is 5.33. The number of thiazole rings is 1. The van der Waals surface area contributed by atoms with E-state index in [-0.39, 0.29) is 22.0 Å². The Balaban J connectivity index is 1.64. The number of fused-ring (bicyclic) bond motifs is 1. The third-order valence-electron chi connectivity index (χ3n) is 6.14. The van der Waals surface area contributed by atoms with Crippen molar-refractivity contribution in [2.24, 2.45) is 5.92 Å². The molecule has 1 N–H and O–H groups in total. The minimum Gasteiger partial charge on any atom is -0.507 e. The van der Waals surface area contributed by atoms with Gasteiger partial charge in [-0.1, -0.05) is 55.0 Å². The van der Waals surface area contributed by atoms with Gasteiger partial charge in [0.2, 0.25) is 0 Å². The lowest BCUT2D eigenvalue weighted by Gasteiger charge is -2.23. The van der Waals surface area contributed by atoms with E-state index in [1.54, 1.807) is 36.4 Å². The summed E-state index contributed by atoms with van der Waals surface area (Å²) in [6, 6.07) is 14.8. The fraction of sp³-hybridized carbons (Fsp3) is 0.207. The summed E-state index contributed by atoms with van der Waals surface area (Å²) in [7, 11) is 0. The first-order valence-electron chi connectivity index (χ1n) is 12.0. The number of hydrogen-bond donors (Lipinski definition) is 1. The molecule has 1 aliphatic rings. The number of carbonyl (C=O) groups excluding carboxylic acids is 2. The van der Waals surface area contributed by atoms with Crippen LogP contribution in [0.3, 0.4) is 0 Å². The van der Waals surface area contributed by atoms with E-state index in [9.17, 15) is 23.5 Å². The standard InChI is InChI=1S/C29H24F2N2O4S/c1-15(2)14-37-19-9-7-17(8-10-19)26(34)24-25(18-6-4-5-16(3)11-18)33(28(36)27(24)35)29-32-22-12-20(30)21(31)13-23(22)38-29/h4-13,15,25,34H,14H2,1-3H3/b26-24+. The van der Waals surface area contributed by atoms with E-state index in [2.05, 4.69) is 4.98 Å². The molecule has 0 bridgehead atoms. The summed E-state index contributed by atoms with van der Waals surface area (Å²) in [6.45, 7) is 6.46. The molecule has 0 aliphatic carbocycles. The Morgan fingerprint density at radius 3 is 2.47 bits per heavy atom. The molecule has 6 nitrogen and oxygen atoms in total. The number of aliphatic hydroxyl groups is 1. The number of nitrogens with zero attached hydrogens (tertiary/aromatic N) is 2. The Morgan fingerprint density at radius 2 is 1.79 bits per heavy atom. The monoisotopic (exact) mass is 534 g/mol. The van der Waals surface area contributed by atoms with Crippen LogP contribution in [0.5, 0.6) is 5.75 Å². The van der Waals surface area contributed by atoms with Crippen molar-refractivity contribution in [1.29, 1.82) is 0 Å². The maximum Gasteiger partial charge on any atom is 0.301 e. The number of aliphatic hydroxyl groups excluding tert-OH is 1. The summed E-state index contributed by atoms with van der Waals surface area (Å²) in [5, 5.41) is 11.4. The number of aromatic nitrogens is 1. The van der Waals surface area contributed by atoms with Crippen LogP contribution in [0.2, 0.25) is 0 Å². The van der Waals surface area contributed by atoms with Crippen LogP contribution in [0.15, 0.2) is 66.2 Å². The molecule has 2 heterocycles. The lowest BCUT2D eigenvalue weighted by Crippen LogP contribution is -2.29. The number of amides is 1. The fourth-order valence-electron chi connectivity index (χ4n) is 4.33. The molecule has 4 aromatic rings. The van der Waals surface area contributed by atoms with Gasteiger partial charge in [0, 0.05) is 11.6 Å². The van der Waals surface area contributed by atoms with Crippen molar-refractivity contribution in [3.8, 4) is 5.75 Å². The molecule has 1 saturated heterocycles. The van der Waals surface area contributed by atoms with Crippen molar-refractivity contribution < 1.29 is 28.2 Å². The molecular weight excluding hydrogens is 510 g/mol. The average molecular weight is 535 g/mol. The largest absolute Gasteiger partial charge is 0.507 e. The van der Waals surface area contributed by atoms with E-state index in [1.807, 2.05) is 32.9 Å². The van der Waals surface area contributed by atoms with Crippen LogP contribution in [-0.2, 0) is 9.59 Å². The van der Waals surface area contributed by atoms with Gasteiger partial charge in [-0.15, -0.1) is 0 Å². The summed E-state index contributed by atoms with van der Waals surface area (Å²) in [5.41, 5.74) is 1.86. The second-order valence-corrected chi connectivity index (χ2v) is 10.6. The molecule has 1 atom stereocenters. The van der Waals surface area contributed by atoms with Crippen LogP contribution in [0.1, 0.15) is 36.6 Å². The van der Waals surface area contributed by atoms with Gasteiger partial charge in [0.25, 0.3) is 5.78 Å². The van der Waals surface area contributed by atoms with Crippen molar-refractivity contribution >= 4 is 44.1 Å². The Kier molecular flexibility index (Phi) is 6.71. The lowest BCUT2D eigenvalue weighted by atomic mass is 9.94. The van der Waals surface area contributed by atoms with Crippen LogP contribution < -0.4 is 9.64 Å². The number of ketones is 1. The number of aryl methyl sites for hydroxylation is 1. The zero-order valence-corrected chi connectivity index (χ0v) is 21.7. The molecule has 1 unspecified atom stereocenters. The Labute approximate surface area is 221 Å². The van der Waals surface area contributed by atoms with Crippen LogP contribution in [0.4, 0.5) is 13.9 Å². The Bertz CT molecular complexity index is 1560. The predicted molar refractivity (Wildman–Crippen MR) is 142 cm³/mol. The van der Waals surface area contributed by atoms with Crippen molar-refractivity contribution in [2.75, 3.05) is 11.5 Å². The van der Waals surface area contributed by atoms with Crippen LogP contribution in [0, 0.1) is 24.5 Å². The van der Waals surface area contributed by atoms with E-state index in [4.69, 9.17) is 4.74 Å². The molecule has 0 radical (unpaired) electrons. The molecule has 0 spiro atoms. The molecule has 5 rings (SSSR count). The third-order valence-corrected chi connectivity index (χ3v) is 7.16. The van der Waals surface area contributed by atoms with Crippen LogP contribution in [0.25, 0.3) is 16.0 Å². The first kappa shape index (κ1) is 25.5. The zero-order chi connectivity index (χ0) is 27.1. The summed E-state index contributed by atoms with van der Waals surface area (Å²) < 4.78 is 33.7. The smallest absolute Gasteiger partial charge is 0.301 e. The van der Waals surface area contributed by atoms with Gasteiger partial charge < -0.3 is 9.84 Å². The highest BCUT2D eigenvalue weighted by Crippen LogP contribution is 2.44. The second-order valence-electron chi connectivity index (χ2n) is 9.54. The third kappa shape index (κ3) is 4.65. The normalized spacial score (nSPS) is 17.1.